The SMILES string of the molecule is CCCCC/C=C\C[C@H](O)/C=C/C=C\C/C=C\CCCC(=O)O[C@H](CO/C=C\CCCCCCCCCCCCCC)COP(=O)(O)OCCN. The third kappa shape index (κ3) is 37.6. The van der Waals surface area contributed by atoms with Crippen LogP contribution in [-0.4, -0.2) is 54.5 Å². The number of ether oxygens (including phenoxy) is 2. The number of phosphoric ester groups is 1. The number of unbranched alkanes of at least 4 members (excludes halogenated alkanes) is 16. The summed E-state index contributed by atoms with van der Waals surface area (Å²) in [5.74, 6) is -0.434. The number of hydrogen-bond acceptors (Lipinski definition) is 8. The average Bonchev–Trinajstić information content (AvgIpc) is 3.11. The van der Waals surface area contributed by atoms with Crippen molar-refractivity contribution in [1.29, 1.82) is 0 Å². The summed E-state index contributed by atoms with van der Waals surface area (Å²) < 4.78 is 33.0. The first-order valence-corrected chi connectivity index (χ1v) is 21.4. The summed E-state index contributed by atoms with van der Waals surface area (Å²) in [4.78, 5) is 22.4. The van der Waals surface area contributed by atoms with Gasteiger partial charge in [0.2, 0.25) is 0 Å². The van der Waals surface area contributed by atoms with E-state index in [1.54, 1.807) is 12.3 Å². The highest BCUT2D eigenvalue weighted by atomic mass is 31.2. The fourth-order valence-electron chi connectivity index (χ4n) is 5.10. The zero-order valence-electron chi connectivity index (χ0n) is 32.2. The van der Waals surface area contributed by atoms with E-state index < -0.39 is 26.0 Å². The molecule has 10 heteroatoms. The number of hydrogen-bond donors (Lipinski definition) is 3. The van der Waals surface area contributed by atoms with Gasteiger partial charge in [0.1, 0.15) is 6.61 Å². The van der Waals surface area contributed by atoms with Crippen LogP contribution in [0.15, 0.2) is 60.9 Å². The molecule has 0 aliphatic heterocycles. The van der Waals surface area contributed by atoms with Crippen molar-refractivity contribution in [3.8, 4) is 0 Å². The van der Waals surface area contributed by atoms with Crippen LogP contribution in [0.3, 0.4) is 0 Å². The van der Waals surface area contributed by atoms with Crippen LogP contribution in [0.1, 0.15) is 155 Å². The molecule has 0 heterocycles. The first-order chi connectivity index (χ1) is 24.8. The van der Waals surface area contributed by atoms with E-state index in [1.165, 1.54) is 89.9 Å². The number of aliphatic hydroxyl groups excluding tert-OH is 1. The topological polar surface area (TPSA) is 138 Å². The quantitative estimate of drug-likeness (QED) is 0.0142. The molecule has 0 saturated carbocycles. The van der Waals surface area contributed by atoms with Crippen molar-refractivity contribution in [3.63, 3.8) is 0 Å². The van der Waals surface area contributed by atoms with Crippen molar-refractivity contribution in [2.45, 2.75) is 167 Å². The molecule has 4 N–H and O–H groups in total. The molecule has 0 aromatic carbocycles. The smallest absolute Gasteiger partial charge is 0.472 e. The third-order valence-electron chi connectivity index (χ3n) is 8.08. The minimum Gasteiger partial charge on any atom is -0.498 e. The van der Waals surface area contributed by atoms with Crippen LogP contribution in [-0.2, 0) is 27.9 Å². The zero-order valence-corrected chi connectivity index (χ0v) is 33.1. The van der Waals surface area contributed by atoms with E-state index in [9.17, 15) is 19.4 Å². The Morgan fingerprint density at radius 3 is 1.98 bits per heavy atom. The van der Waals surface area contributed by atoms with Gasteiger partial charge in [-0.3, -0.25) is 13.8 Å². The van der Waals surface area contributed by atoms with Gasteiger partial charge in [-0.15, -0.1) is 0 Å². The second-order valence-electron chi connectivity index (χ2n) is 13.1. The van der Waals surface area contributed by atoms with Gasteiger partial charge in [0.15, 0.2) is 6.10 Å². The average molecular weight is 740 g/mol. The molecular weight excluding hydrogens is 665 g/mol. The van der Waals surface area contributed by atoms with E-state index in [2.05, 4.69) is 19.9 Å². The van der Waals surface area contributed by atoms with Gasteiger partial charge in [-0.1, -0.05) is 146 Å². The molecule has 0 aromatic rings. The summed E-state index contributed by atoms with van der Waals surface area (Å²) in [5, 5.41) is 10.0. The summed E-state index contributed by atoms with van der Waals surface area (Å²) >= 11 is 0. The zero-order chi connectivity index (χ0) is 37.5. The second-order valence-corrected chi connectivity index (χ2v) is 14.5. The first-order valence-electron chi connectivity index (χ1n) is 19.9. The van der Waals surface area contributed by atoms with Crippen molar-refractivity contribution < 1.29 is 37.9 Å². The van der Waals surface area contributed by atoms with Crippen molar-refractivity contribution in [2.75, 3.05) is 26.4 Å². The minimum atomic E-state index is -4.32. The van der Waals surface area contributed by atoms with Crippen LogP contribution < -0.4 is 5.73 Å². The lowest BCUT2D eigenvalue weighted by Crippen LogP contribution is -2.27. The largest absolute Gasteiger partial charge is 0.498 e. The molecule has 0 fully saturated rings. The van der Waals surface area contributed by atoms with Crippen LogP contribution in [0.5, 0.6) is 0 Å². The monoisotopic (exact) mass is 740 g/mol. The Labute approximate surface area is 311 Å². The van der Waals surface area contributed by atoms with Crippen LogP contribution in [0.2, 0.25) is 0 Å². The number of aliphatic hydroxyl groups is 1. The molecule has 296 valence electrons. The van der Waals surface area contributed by atoms with Crippen molar-refractivity contribution in [3.05, 3.63) is 60.9 Å². The van der Waals surface area contributed by atoms with Gasteiger partial charge >= 0.3 is 13.8 Å². The highest BCUT2D eigenvalue weighted by Gasteiger charge is 2.25. The molecule has 0 bridgehead atoms. The van der Waals surface area contributed by atoms with E-state index in [0.29, 0.717) is 19.3 Å². The highest BCUT2D eigenvalue weighted by Crippen LogP contribution is 2.43. The number of esters is 1. The van der Waals surface area contributed by atoms with Crippen LogP contribution >= 0.6 is 7.82 Å². The minimum absolute atomic E-state index is 0.00890. The van der Waals surface area contributed by atoms with Gasteiger partial charge in [0.25, 0.3) is 0 Å². The normalized spacial score (nSPS) is 14.8. The Bertz CT molecular complexity index is 981. The molecule has 51 heavy (non-hydrogen) atoms. The molecule has 0 radical (unpaired) electrons. The predicted octanol–water partition coefficient (Wildman–Crippen LogP) is 10.7. The lowest BCUT2D eigenvalue weighted by Gasteiger charge is -2.19. The molecule has 3 atom stereocenters. The van der Waals surface area contributed by atoms with Gasteiger partial charge in [-0.2, -0.15) is 0 Å². The molecular formula is C41H74NO8P. The van der Waals surface area contributed by atoms with Crippen LogP contribution in [0.4, 0.5) is 0 Å². The Hall–Kier alpha value is -2.00. The number of carbonyl (C=O) groups is 1. The molecule has 9 nitrogen and oxygen atoms in total. The van der Waals surface area contributed by atoms with Gasteiger partial charge in [-0.05, 0) is 57.4 Å². The molecule has 0 rings (SSSR count). The Kier molecular flexibility index (Phi) is 36.3. The number of phosphoric acid groups is 1. The van der Waals surface area contributed by atoms with Gasteiger partial charge in [0, 0.05) is 13.0 Å². The van der Waals surface area contributed by atoms with Crippen molar-refractivity contribution in [1.82, 2.24) is 0 Å². The number of nitrogens with two attached hydrogens (primary N) is 1. The summed E-state index contributed by atoms with van der Waals surface area (Å²) in [5.41, 5.74) is 5.34. The summed E-state index contributed by atoms with van der Waals surface area (Å²) in [6.45, 7) is 4.04. The lowest BCUT2D eigenvalue weighted by atomic mass is 10.0. The highest BCUT2D eigenvalue weighted by molar-refractivity contribution is 7.47. The maximum atomic E-state index is 12.5. The standard InChI is InChI=1S/C41H74NO8P/c1-3-5-7-9-11-12-13-14-15-16-19-22-26-30-35-47-37-40(38-49-51(45,46)48-36-34-42)50-41(44)33-29-25-21-18-17-20-24-28-32-39(43)31-27-23-10-8-6-4-2/h18,20-21,23-24,27-28,30,32,35,39-40,43H,3-17,19,22,25-26,29,31,33-34,36-38,42H2,1-2H3,(H,45,46)/b21-18-,24-20-,27-23-,32-28+,35-30-/t39-,40+/m0/s1. The second kappa shape index (κ2) is 37.7. The molecule has 0 aromatic heterocycles. The molecule has 0 aliphatic rings. The van der Waals surface area contributed by atoms with E-state index >= 15 is 0 Å². The summed E-state index contributed by atoms with van der Waals surface area (Å²) in [6, 6.07) is 0. The molecule has 0 amide bonds. The molecule has 0 aliphatic carbocycles. The maximum absolute atomic E-state index is 12.5. The number of allylic oxidation sites excluding steroid dienone is 7. The third-order valence-corrected chi connectivity index (χ3v) is 9.07. The van der Waals surface area contributed by atoms with E-state index in [1.807, 2.05) is 42.5 Å². The van der Waals surface area contributed by atoms with Crippen molar-refractivity contribution >= 4 is 13.8 Å². The van der Waals surface area contributed by atoms with Crippen molar-refractivity contribution in [2.24, 2.45) is 5.73 Å². The Morgan fingerprint density at radius 2 is 1.29 bits per heavy atom. The molecule has 0 saturated heterocycles. The Balaban J connectivity index is 4.32. The van der Waals surface area contributed by atoms with E-state index in [4.69, 9.17) is 24.3 Å². The van der Waals surface area contributed by atoms with Gasteiger partial charge in [-0.25, -0.2) is 4.57 Å². The number of rotatable bonds is 37. The molecule has 1 unspecified atom stereocenters. The Morgan fingerprint density at radius 1 is 0.706 bits per heavy atom. The van der Waals surface area contributed by atoms with Crippen LogP contribution in [0.25, 0.3) is 0 Å². The lowest BCUT2D eigenvalue weighted by molar-refractivity contribution is -0.153. The first kappa shape index (κ1) is 49.0. The predicted molar refractivity (Wildman–Crippen MR) is 211 cm³/mol. The fourth-order valence-corrected chi connectivity index (χ4v) is 5.86. The van der Waals surface area contributed by atoms with Gasteiger partial charge < -0.3 is 25.2 Å². The summed E-state index contributed by atoms with van der Waals surface area (Å²) in [7, 11) is -4.32. The van der Waals surface area contributed by atoms with E-state index in [-0.39, 0.29) is 32.8 Å². The van der Waals surface area contributed by atoms with Gasteiger partial charge in [0.05, 0.1) is 25.6 Å². The van der Waals surface area contributed by atoms with E-state index in [0.717, 1.165) is 25.7 Å². The fraction of sp³-hybridized carbons (Fsp3) is 0.732. The maximum Gasteiger partial charge on any atom is 0.472 e. The molecule has 0 spiro atoms. The number of carbonyl (C=O) groups excluding carboxylic acids is 1. The summed E-state index contributed by atoms with van der Waals surface area (Å²) in [6.07, 6.45) is 42.2. The van der Waals surface area contributed by atoms with Crippen LogP contribution in [0, 0.1) is 0 Å².